The van der Waals surface area contributed by atoms with Crippen LogP contribution in [0.5, 0.6) is 0 Å². The average Bonchev–Trinajstić information content (AvgIpc) is 3.58. The number of aliphatic hydroxyl groups is 1. The van der Waals surface area contributed by atoms with Gasteiger partial charge in [-0.05, 0) is 86.6 Å². The molecule has 3 aromatic rings. The van der Waals surface area contributed by atoms with Gasteiger partial charge in [0, 0.05) is 18.1 Å². The number of amides is 2. The Bertz CT molecular complexity index is 1240. The van der Waals surface area contributed by atoms with Gasteiger partial charge in [0.2, 0.25) is 0 Å². The molecule has 2 heterocycles. The molecule has 222 valence electrons. The normalized spacial score (nSPS) is 23.7. The summed E-state index contributed by atoms with van der Waals surface area (Å²) in [6, 6.07) is 28.9. The number of nitrogens with zero attached hydrogens (tertiary/aromatic N) is 1. The van der Waals surface area contributed by atoms with Crippen LogP contribution in [0.4, 0.5) is 4.79 Å². The number of fused-ring (bicyclic) bond motifs is 5. The van der Waals surface area contributed by atoms with Crippen molar-refractivity contribution in [1.82, 2.24) is 15.5 Å². The van der Waals surface area contributed by atoms with E-state index in [0.717, 1.165) is 42.7 Å². The van der Waals surface area contributed by atoms with Crippen molar-refractivity contribution in [2.24, 2.45) is 5.92 Å². The fourth-order valence-electron chi connectivity index (χ4n) is 7.47. The highest BCUT2D eigenvalue weighted by molar-refractivity contribution is 5.75. The number of benzene rings is 3. The Morgan fingerprint density at radius 2 is 1.33 bits per heavy atom. The molecular formula is C35H43N3O4. The highest BCUT2D eigenvalue weighted by atomic mass is 16.3. The monoisotopic (exact) mass is 569 g/mol. The molecule has 0 spiro atoms. The number of hydrogen-bond donors (Lipinski definition) is 4. The Morgan fingerprint density at radius 3 is 1.83 bits per heavy atom. The third kappa shape index (κ3) is 6.22. The van der Waals surface area contributed by atoms with Crippen LogP contribution in [0.2, 0.25) is 0 Å². The second-order valence-corrected chi connectivity index (χ2v) is 11.9. The molecule has 2 fully saturated rings. The van der Waals surface area contributed by atoms with Gasteiger partial charge in [-0.2, -0.15) is 0 Å². The van der Waals surface area contributed by atoms with Crippen LogP contribution in [0.15, 0.2) is 84.9 Å². The summed E-state index contributed by atoms with van der Waals surface area (Å²) in [5.41, 5.74) is 3.33. The van der Waals surface area contributed by atoms with Gasteiger partial charge >= 0.3 is 6.03 Å². The summed E-state index contributed by atoms with van der Waals surface area (Å²) in [6.07, 6.45) is 8.20. The SMILES string of the molecule is C[C@H](NC(=O)NC1CCC(CCN2C3CCC2c2ccccc23)CC1)C(O)(c1ccccc1)c1ccccc1.O=CO. The lowest BCUT2D eigenvalue weighted by atomic mass is 9.81. The number of hydrogen-bond acceptors (Lipinski definition) is 4. The lowest BCUT2D eigenvalue weighted by Crippen LogP contribution is -2.54. The molecule has 0 radical (unpaired) electrons. The standard InChI is InChI=1S/C34H41N3O2.CH2O2/c1-24(34(39,26-10-4-2-5-11-26)27-12-6-3-7-13-27)35-33(38)36-28-18-16-25(17-19-28)22-23-37-31-20-21-32(37)30-15-9-8-14-29(30)31;2-1-3/h2-15,24-25,28,31-32,39H,16-23H2,1H3,(H2,35,36,38);1H,(H,2,3)/t24-,25?,28?,31?,32?;/m0./s1. The highest BCUT2D eigenvalue weighted by Gasteiger charge is 2.43. The lowest BCUT2D eigenvalue weighted by Gasteiger charge is -2.36. The maximum Gasteiger partial charge on any atom is 0.315 e. The molecule has 2 amide bonds. The van der Waals surface area contributed by atoms with E-state index in [1.54, 1.807) is 11.1 Å². The van der Waals surface area contributed by atoms with Crippen LogP contribution in [0.1, 0.15) is 86.2 Å². The van der Waals surface area contributed by atoms with Gasteiger partial charge in [-0.25, -0.2) is 4.79 Å². The summed E-state index contributed by atoms with van der Waals surface area (Å²) in [6.45, 7) is 2.81. The van der Waals surface area contributed by atoms with Crippen LogP contribution in [-0.4, -0.2) is 46.2 Å². The van der Waals surface area contributed by atoms with Crippen LogP contribution in [0, 0.1) is 5.92 Å². The van der Waals surface area contributed by atoms with Gasteiger partial charge < -0.3 is 20.8 Å². The van der Waals surface area contributed by atoms with Crippen molar-refractivity contribution in [1.29, 1.82) is 0 Å². The van der Waals surface area contributed by atoms with Crippen molar-refractivity contribution in [2.75, 3.05) is 6.54 Å². The fraction of sp³-hybridized carbons (Fsp3) is 0.429. The number of carbonyl (C=O) groups excluding carboxylic acids is 1. The fourth-order valence-corrected chi connectivity index (χ4v) is 7.47. The number of rotatable bonds is 8. The first kappa shape index (κ1) is 29.8. The van der Waals surface area contributed by atoms with Gasteiger partial charge in [-0.1, -0.05) is 84.9 Å². The smallest absolute Gasteiger partial charge is 0.315 e. The zero-order valence-corrected chi connectivity index (χ0v) is 24.4. The van der Waals surface area contributed by atoms with Crippen molar-refractivity contribution in [2.45, 2.75) is 81.6 Å². The van der Waals surface area contributed by atoms with Crippen LogP contribution >= 0.6 is 0 Å². The first-order valence-electron chi connectivity index (χ1n) is 15.3. The second kappa shape index (κ2) is 13.5. The van der Waals surface area contributed by atoms with Crippen molar-refractivity contribution < 1.29 is 19.8 Å². The predicted octanol–water partition coefficient (Wildman–Crippen LogP) is 6.15. The van der Waals surface area contributed by atoms with Gasteiger partial charge in [0.15, 0.2) is 0 Å². The molecular weight excluding hydrogens is 526 g/mol. The quantitative estimate of drug-likeness (QED) is 0.244. The molecule has 2 aliphatic heterocycles. The van der Waals surface area contributed by atoms with Gasteiger partial charge in [0.25, 0.3) is 6.47 Å². The van der Waals surface area contributed by atoms with Gasteiger partial charge in [0.05, 0.1) is 6.04 Å². The maximum absolute atomic E-state index is 13.1. The minimum absolute atomic E-state index is 0.183. The molecule has 3 atom stereocenters. The topological polar surface area (TPSA) is 102 Å². The Morgan fingerprint density at radius 1 is 0.857 bits per heavy atom. The zero-order valence-electron chi connectivity index (χ0n) is 24.4. The lowest BCUT2D eigenvalue weighted by molar-refractivity contribution is -0.122. The van der Waals surface area contributed by atoms with E-state index in [9.17, 15) is 9.90 Å². The van der Waals surface area contributed by atoms with E-state index in [1.807, 2.05) is 67.6 Å². The van der Waals surface area contributed by atoms with Crippen molar-refractivity contribution in [3.63, 3.8) is 0 Å². The molecule has 42 heavy (non-hydrogen) atoms. The summed E-state index contributed by atoms with van der Waals surface area (Å²) in [7, 11) is 0. The number of carbonyl (C=O) groups is 2. The molecule has 1 saturated carbocycles. The Labute approximate surface area is 249 Å². The van der Waals surface area contributed by atoms with Crippen molar-refractivity contribution in [3.8, 4) is 0 Å². The van der Waals surface area contributed by atoms with Gasteiger partial charge in [-0.3, -0.25) is 9.69 Å². The molecule has 1 aliphatic carbocycles. The van der Waals surface area contributed by atoms with Crippen LogP contribution in [0.25, 0.3) is 0 Å². The van der Waals surface area contributed by atoms with E-state index < -0.39 is 11.6 Å². The van der Waals surface area contributed by atoms with E-state index in [-0.39, 0.29) is 18.5 Å². The van der Waals surface area contributed by atoms with Crippen molar-refractivity contribution in [3.05, 3.63) is 107 Å². The Balaban J connectivity index is 0.00000113. The van der Waals surface area contributed by atoms with Gasteiger partial charge in [0.1, 0.15) is 5.60 Å². The molecule has 4 N–H and O–H groups in total. The summed E-state index contributed by atoms with van der Waals surface area (Å²) in [5, 5.41) is 25.1. The number of carboxylic acid groups (broad SMARTS) is 1. The van der Waals surface area contributed by atoms with E-state index >= 15 is 0 Å². The third-order valence-electron chi connectivity index (χ3n) is 9.61. The summed E-state index contributed by atoms with van der Waals surface area (Å²) < 4.78 is 0. The highest BCUT2D eigenvalue weighted by Crippen LogP contribution is 2.53. The maximum atomic E-state index is 13.1. The summed E-state index contributed by atoms with van der Waals surface area (Å²) in [5.74, 6) is 0.731. The molecule has 0 aromatic heterocycles. The average molecular weight is 570 g/mol. The van der Waals surface area contributed by atoms with E-state index in [2.05, 4.69) is 39.8 Å². The predicted molar refractivity (Wildman–Crippen MR) is 164 cm³/mol. The Hall–Kier alpha value is -3.68. The van der Waals surface area contributed by atoms with Crippen molar-refractivity contribution >= 4 is 12.5 Å². The van der Waals surface area contributed by atoms with Crippen LogP contribution in [0.3, 0.4) is 0 Å². The van der Waals surface area contributed by atoms with E-state index in [4.69, 9.17) is 9.90 Å². The minimum Gasteiger partial charge on any atom is -0.483 e. The molecule has 2 bridgehead atoms. The molecule has 7 heteroatoms. The number of urea groups is 1. The largest absolute Gasteiger partial charge is 0.483 e. The third-order valence-corrected chi connectivity index (χ3v) is 9.61. The van der Waals surface area contributed by atoms with Gasteiger partial charge in [-0.15, -0.1) is 0 Å². The zero-order chi connectivity index (χ0) is 29.5. The summed E-state index contributed by atoms with van der Waals surface area (Å²) >= 11 is 0. The molecule has 7 nitrogen and oxygen atoms in total. The second-order valence-electron chi connectivity index (χ2n) is 11.9. The Kier molecular flexibility index (Phi) is 9.60. The molecule has 6 rings (SSSR count). The number of nitrogens with one attached hydrogen (secondary N) is 2. The first-order valence-corrected chi connectivity index (χ1v) is 15.3. The van der Waals surface area contributed by atoms with Crippen LogP contribution < -0.4 is 10.6 Å². The van der Waals surface area contributed by atoms with Crippen LogP contribution in [-0.2, 0) is 10.4 Å². The molecule has 1 saturated heterocycles. The molecule has 3 aliphatic rings. The molecule has 3 aromatic carbocycles. The van der Waals surface area contributed by atoms with E-state index in [0.29, 0.717) is 12.1 Å². The minimum atomic E-state index is -1.33. The summed E-state index contributed by atoms with van der Waals surface area (Å²) in [4.78, 5) is 24.2. The van der Waals surface area contributed by atoms with E-state index in [1.165, 1.54) is 25.8 Å². The molecule has 2 unspecified atom stereocenters. The first-order chi connectivity index (χ1) is 20.5.